The molecular weight excluding hydrogens is 525 g/mol. The lowest BCUT2D eigenvalue weighted by atomic mass is 10.2. The standard InChI is InChI=1S/C22H33N5O2S.HI/c1-5-23-21(26(2)15-17-8-9-19(28-3)14-20(17)29-4)24-11-10-18-16-30-22(25-18)27-12-6-7-13-27;/h8-9,14,16H,5-7,10-13,15H2,1-4H3,(H,23,24);1H. The van der Waals surface area contributed by atoms with Crippen molar-refractivity contribution < 1.29 is 9.47 Å². The van der Waals surface area contributed by atoms with Gasteiger partial charge in [-0.15, -0.1) is 35.3 Å². The summed E-state index contributed by atoms with van der Waals surface area (Å²) in [6.07, 6.45) is 3.39. The van der Waals surface area contributed by atoms with E-state index >= 15 is 0 Å². The first-order valence-electron chi connectivity index (χ1n) is 10.5. The monoisotopic (exact) mass is 559 g/mol. The molecule has 31 heavy (non-hydrogen) atoms. The van der Waals surface area contributed by atoms with Gasteiger partial charge in [0, 0.05) is 63.2 Å². The second-order valence-corrected chi connectivity index (χ2v) is 8.17. The average molecular weight is 560 g/mol. The zero-order chi connectivity index (χ0) is 21.3. The van der Waals surface area contributed by atoms with Crippen LogP contribution in [0, 0.1) is 0 Å². The summed E-state index contributed by atoms with van der Waals surface area (Å²) in [6.45, 7) is 6.56. The molecule has 0 aliphatic carbocycles. The Labute approximate surface area is 206 Å². The highest BCUT2D eigenvalue weighted by atomic mass is 127. The van der Waals surface area contributed by atoms with Crippen LogP contribution in [0.3, 0.4) is 0 Å². The van der Waals surface area contributed by atoms with Crippen LogP contribution < -0.4 is 19.7 Å². The van der Waals surface area contributed by atoms with Crippen molar-refractivity contribution in [2.24, 2.45) is 4.99 Å². The van der Waals surface area contributed by atoms with Crippen LogP contribution in [0.25, 0.3) is 0 Å². The van der Waals surface area contributed by atoms with E-state index < -0.39 is 0 Å². The average Bonchev–Trinajstić information content (AvgIpc) is 3.45. The van der Waals surface area contributed by atoms with Crippen molar-refractivity contribution >= 4 is 46.4 Å². The normalized spacial score (nSPS) is 13.7. The van der Waals surface area contributed by atoms with Gasteiger partial charge in [0.2, 0.25) is 0 Å². The molecule has 2 aromatic rings. The van der Waals surface area contributed by atoms with Crippen LogP contribution in [-0.2, 0) is 13.0 Å². The van der Waals surface area contributed by atoms with E-state index in [0.29, 0.717) is 13.1 Å². The highest BCUT2D eigenvalue weighted by Crippen LogP contribution is 2.26. The number of aliphatic imine (C=N–C) groups is 1. The zero-order valence-electron chi connectivity index (χ0n) is 18.9. The van der Waals surface area contributed by atoms with Gasteiger partial charge >= 0.3 is 0 Å². The first-order chi connectivity index (χ1) is 14.6. The van der Waals surface area contributed by atoms with E-state index in [4.69, 9.17) is 19.5 Å². The summed E-state index contributed by atoms with van der Waals surface area (Å²) in [5, 5.41) is 6.71. The summed E-state index contributed by atoms with van der Waals surface area (Å²) >= 11 is 1.75. The lowest BCUT2D eigenvalue weighted by Crippen LogP contribution is -2.38. The molecule has 0 bridgehead atoms. The minimum Gasteiger partial charge on any atom is -0.497 e. The van der Waals surface area contributed by atoms with Crippen molar-refractivity contribution in [3.8, 4) is 11.5 Å². The fraction of sp³-hybridized carbons (Fsp3) is 0.545. The second kappa shape index (κ2) is 12.9. The molecule has 3 rings (SSSR count). The zero-order valence-corrected chi connectivity index (χ0v) is 22.0. The third-order valence-corrected chi connectivity index (χ3v) is 6.09. The smallest absolute Gasteiger partial charge is 0.193 e. The Morgan fingerprint density at radius 1 is 1.26 bits per heavy atom. The molecule has 0 amide bonds. The van der Waals surface area contributed by atoms with Crippen molar-refractivity contribution in [1.82, 2.24) is 15.2 Å². The van der Waals surface area contributed by atoms with Crippen LogP contribution in [0.5, 0.6) is 11.5 Å². The number of guanidine groups is 1. The predicted octanol–water partition coefficient (Wildman–Crippen LogP) is 4.02. The Kier molecular flexibility index (Phi) is 10.7. The molecule has 0 atom stereocenters. The number of methoxy groups -OCH3 is 2. The maximum atomic E-state index is 5.53. The number of aromatic nitrogens is 1. The number of benzene rings is 1. The number of nitrogens with zero attached hydrogens (tertiary/aromatic N) is 4. The highest BCUT2D eigenvalue weighted by molar-refractivity contribution is 14.0. The van der Waals surface area contributed by atoms with Crippen molar-refractivity contribution in [2.45, 2.75) is 32.7 Å². The molecule has 0 unspecified atom stereocenters. The van der Waals surface area contributed by atoms with Gasteiger partial charge in [0.05, 0.1) is 19.9 Å². The van der Waals surface area contributed by atoms with Gasteiger partial charge in [0.1, 0.15) is 11.5 Å². The minimum absolute atomic E-state index is 0. The molecule has 1 aliphatic heterocycles. The first kappa shape index (κ1) is 25.5. The van der Waals surface area contributed by atoms with E-state index in [9.17, 15) is 0 Å². The number of halogens is 1. The first-order valence-corrected chi connectivity index (χ1v) is 11.4. The van der Waals surface area contributed by atoms with Crippen molar-refractivity contribution in [2.75, 3.05) is 52.3 Å². The largest absolute Gasteiger partial charge is 0.497 e. The molecule has 0 saturated carbocycles. The van der Waals surface area contributed by atoms with E-state index in [1.165, 1.54) is 12.8 Å². The third kappa shape index (κ3) is 7.13. The molecule has 1 aromatic heterocycles. The van der Waals surface area contributed by atoms with Crippen molar-refractivity contribution in [3.05, 3.63) is 34.8 Å². The van der Waals surface area contributed by atoms with Gasteiger partial charge in [-0.25, -0.2) is 4.98 Å². The number of nitrogens with one attached hydrogen (secondary N) is 1. The molecule has 1 N–H and O–H groups in total. The summed E-state index contributed by atoms with van der Waals surface area (Å²) < 4.78 is 10.8. The van der Waals surface area contributed by atoms with E-state index in [-0.39, 0.29) is 24.0 Å². The van der Waals surface area contributed by atoms with E-state index in [1.54, 1.807) is 25.6 Å². The van der Waals surface area contributed by atoms with Gasteiger partial charge in [-0.3, -0.25) is 4.99 Å². The van der Waals surface area contributed by atoms with Crippen molar-refractivity contribution in [3.63, 3.8) is 0 Å². The van der Waals surface area contributed by atoms with Crippen LogP contribution in [0.15, 0.2) is 28.6 Å². The molecule has 2 heterocycles. The molecule has 172 valence electrons. The summed E-state index contributed by atoms with van der Waals surface area (Å²) in [4.78, 5) is 14.1. The van der Waals surface area contributed by atoms with Crippen LogP contribution in [0.4, 0.5) is 5.13 Å². The summed E-state index contributed by atoms with van der Waals surface area (Å²) in [6, 6.07) is 5.90. The van der Waals surface area contributed by atoms with Gasteiger partial charge in [0.25, 0.3) is 0 Å². The molecule has 9 heteroatoms. The number of ether oxygens (including phenoxy) is 2. The van der Waals surface area contributed by atoms with Crippen LogP contribution >= 0.6 is 35.3 Å². The quantitative estimate of drug-likeness (QED) is 0.285. The SMILES string of the molecule is CCNC(=NCCc1csc(N2CCCC2)n1)N(C)Cc1ccc(OC)cc1OC.I. The summed E-state index contributed by atoms with van der Waals surface area (Å²) in [5.74, 6) is 2.48. The lowest BCUT2D eigenvalue weighted by molar-refractivity contribution is 0.382. The molecule has 1 saturated heterocycles. The number of thiazole rings is 1. The van der Waals surface area contributed by atoms with Gasteiger partial charge in [-0.05, 0) is 31.9 Å². The fourth-order valence-corrected chi connectivity index (χ4v) is 4.44. The number of anilines is 1. The van der Waals surface area contributed by atoms with E-state index in [0.717, 1.165) is 59.9 Å². The van der Waals surface area contributed by atoms with Crippen LogP contribution in [-0.4, -0.2) is 63.3 Å². The Morgan fingerprint density at radius 2 is 2.03 bits per heavy atom. The molecular formula is C22H34IN5O2S. The Bertz CT molecular complexity index is 839. The molecule has 0 spiro atoms. The number of hydrogen-bond donors (Lipinski definition) is 1. The fourth-order valence-electron chi connectivity index (χ4n) is 3.52. The second-order valence-electron chi connectivity index (χ2n) is 7.34. The van der Waals surface area contributed by atoms with Gasteiger partial charge in [0.15, 0.2) is 11.1 Å². The van der Waals surface area contributed by atoms with Crippen LogP contribution in [0.2, 0.25) is 0 Å². The topological polar surface area (TPSA) is 62.2 Å². The van der Waals surface area contributed by atoms with Gasteiger partial charge in [-0.1, -0.05) is 0 Å². The maximum absolute atomic E-state index is 5.53. The maximum Gasteiger partial charge on any atom is 0.193 e. The lowest BCUT2D eigenvalue weighted by Gasteiger charge is -2.23. The Hall–Kier alpha value is -1.75. The Balaban J connectivity index is 0.00000341. The number of rotatable bonds is 9. The van der Waals surface area contributed by atoms with E-state index in [1.807, 2.05) is 25.2 Å². The Morgan fingerprint density at radius 3 is 2.71 bits per heavy atom. The van der Waals surface area contributed by atoms with Gasteiger partial charge < -0.3 is 24.6 Å². The summed E-state index contributed by atoms with van der Waals surface area (Å²) in [5.41, 5.74) is 2.21. The minimum atomic E-state index is 0. The summed E-state index contributed by atoms with van der Waals surface area (Å²) in [7, 11) is 5.38. The molecule has 1 fully saturated rings. The molecule has 1 aliphatic rings. The number of hydrogen-bond acceptors (Lipinski definition) is 6. The molecule has 1 aromatic carbocycles. The van der Waals surface area contributed by atoms with Gasteiger partial charge in [-0.2, -0.15) is 0 Å². The third-order valence-electron chi connectivity index (χ3n) is 5.14. The van der Waals surface area contributed by atoms with Crippen LogP contribution in [0.1, 0.15) is 31.0 Å². The highest BCUT2D eigenvalue weighted by Gasteiger charge is 2.16. The molecule has 7 nitrogen and oxygen atoms in total. The van der Waals surface area contributed by atoms with Crippen molar-refractivity contribution in [1.29, 1.82) is 0 Å². The predicted molar refractivity (Wildman–Crippen MR) is 140 cm³/mol. The van der Waals surface area contributed by atoms with E-state index in [2.05, 4.69) is 27.4 Å². The molecule has 0 radical (unpaired) electrons.